The minimum atomic E-state index is 0.0994. The molecule has 4 rings (SSSR count). The number of likely N-dealkylation sites (tertiary alicyclic amines) is 1. The fourth-order valence-corrected chi connectivity index (χ4v) is 3.29. The number of pyridine rings is 1. The van der Waals surface area contributed by atoms with Gasteiger partial charge in [-0.25, -0.2) is 9.97 Å². The molecule has 1 atom stereocenters. The minimum Gasteiger partial charge on any atom is -0.365 e. The van der Waals surface area contributed by atoms with E-state index in [0.29, 0.717) is 12.2 Å². The molecule has 1 fully saturated rings. The van der Waals surface area contributed by atoms with E-state index in [9.17, 15) is 4.79 Å². The third kappa shape index (κ3) is 2.71. The number of carbonyl (C=O) groups excluding carboxylic acids is 1. The third-order valence-corrected chi connectivity index (χ3v) is 4.56. The van der Waals surface area contributed by atoms with Gasteiger partial charge in [0.2, 0.25) is 5.91 Å². The average molecular weight is 324 g/mol. The molecule has 2 aromatic heterocycles. The average Bonchev–Trinajstić information content (AvgIpc) is 3.21. The van der Waals surface area contributed by atoms with Crippen LogP contribution in [0, 0.1) is 0 Å². The Balaban J connectivity index is 1.65. The van der Waals surface area contributed by atoms with Crippen LogP contribution in [0.4, 0.5) is 5.82 Å². The van der Waals surface area contributed by atoms with Gasteiger partial charge >= 0.3 is 0 Å². The summed E-state index contributed by atoms with van der Waals surface area (Å²) in [5.74, 6) is 1.74. The summed E-state index contributed by atoms with van der Waals surface area (Å²) in [6.45, 7) is 4.99. The van der Waals surface area contributed by atoms with Crippen LogP contribution in [0.5, 0.6) is 0 Å². The van der Waals surface area contributed by atoms with Crippen molar-refractivity contribution >= 4 is 11.7 Å². The van der Waals surface area contributed by atoms with E-state index in [1.807, 2.05) is 24.0 Å². The van der Waals surface area contributed by atoms with Gasteiger partial charge in [-0.3, -0.25) is 9.78 Å². The van der Waals surface area contributed by atoms with Gasteiger partial charge in [0, 0.05) is 56.1 Å². The molecule has 1 amide bonds. The molecule has 7 heteroatoms. The molecule has 0 radical (unpaired) electrons. The van der Waals surface area contributed by atoms with Crippen LogP contribution in [0.25, 0.3) is 11.4 Å². The van der Waals surface area contributed by atoms with Gasteiger partial charge in [-0.1, -0.05) is 0 Å². The molecule has 0 spiro atoms. The van der Waals surface area contributed by atoms with Crippen LogP contribution >= 0.6 is 0 Å². The van der Waals surface area contributed by atoms with Crippen LogP contribution in [-0.4, -0.2) is 44.9 Å². The quantitative estimate of drug-likeness (QED) is 0.878. The van der Waals surface area contributed by atoms with Crippen LogP contribution in [-0.2, 0) is 17.9 Å². The summed E-state index contributed by atoms with van der Waals surface area (Å²) in [4.78, 5) is 27.3. The molecule has 2 aliphatic rings. The topological polar surface area (TPSA) is 83.0 Å². The number of likely N-dealkylation sites (N-methyl/N-ethyl adjacent to an activating group) is 1. The summed E-state index contributed by atoms with van der Waals surface area (Å²) < 4.78 is 0. The lowest BCUT2D eigenvalue weighted by Crippen LogP contribution is -2.28. The molecule has 2 aliphatic heterocycles. The minimum absolute atomic E-state index is 0.0994. The van der Waals surface area contributed by atoms with E-state index in [1.54, 1.807) is 12.4 Å². The van der Waals surface area contributed by atoms with Crippen LogP contribution in [0.2, 0.25) is 0 Å². The predicted molar refractivity (Wildman–Crippen MR) is 90.1 cm³/mol. The first kappa shape index (κ1) is 15.0. The lowest BCUT2D eigenvalue weighted by Gasteiger charge is -2.17. The van der Waals surface area contributed by atoms with Crippen molar-refractivity contribution in [2.75, 3.05) is 18.4 Å². The highest BCUT2D eigenvalue weighted by atomic mass is 16.2. The maximum Gasteiger partial charge on any atom is 0.224 e. The molecule has 2 aromatic rings. The van der Waals surface area contributed by atoms with E-state index in [4.69, 9.17) is 4.98 Å². The highest BCUT2D eigenvalue weighted by molar-refractivity contribution is 5.80. The van der Waals surface area contributed by atoms with Gasteiger partial charge in [0.1, 0.15) is 5.82 Å². The molecule has 24 heavy (non-hydrogen) atoms. The van der Waals surface area contributed by atoms with Crippen molar-refractivity contribution in [1.29, 1.82) is 0 Å². The molecule has 0 aromatic carbocycles. The number of rotatable bonds is 4. The first-order valence-corrected chi connectivity index (χ1v) is 8.30. The number of carbonyl (C=O) groups is 1. The van der Waals surface area contributed by atoms with Gasteiger partial charge in [0.25, 0.3) is 0 Å². The summed E-state index contributed by atoms with van der Waals surface area (Å²) >= 11 is 0. The number of hydrogen-bond donors (Lipinski definition) is 2. The van der Waals surface area contributed by atoms with Crippen molar-refractivity contribution in [2.45, 2.75) is 32.5 Å². The van der Waals surface area contributed by atoms with Crippen LogP contribution in [0.3, 0.4) is 0 Å². The van der Waals surface area contributed by atoms with Gasteiger partial charge in [0.15, 0.2) is 5.82 Å². The van der Waals surface area contributed by atoms with E-state index >= 15 is 0 Å². The first-order chi connectivity index (χ1) is 11.7. The van der Waals surface area contributed by atoms with E-state index in [0.717, 1.165) is 48.8 Å². The number of hydrogen-bond acceptors (Lipinski definition) is 6. The maximum atomic E-state index is 12.0. The molecule has 1 saturated heterocycles. The Morgan fingerprint density at radius 3 is 2.88 bits per heavy atom. The van der Waals surface area contributed by atoms with Crippen LogP contribution in [0.15, 0.2) is 24.5 Å². The molecule has 4 heterocycles. The van der Waals surface area contributed by atoms with Gasteiger partial charge in [-0.05, 0) is 19.1 Å². The van der Waals surface area contributed by atoms with Crippen molar-refractivity contribution in [3.05, 3.63) is 35.8 Å². The predicted octanol–water partition coefficient (Wildman–Crippen LogP) is 1.17. The van der Waals surface area contributed by atoms with E-state index in [1.165, 1.54) is 0 Å². The Bertz CT molecular complexity index is 763. The molecule has 0 bridgehead atoms. The zero-order valence-electron chi connectivity index (χ0n) is 13.6. The zero-order valence-corrected chi connectivity index (χ0v) is 13.6. The SMILES string of the molecule is CCN1C[C@@H](Nc2nc(-c3ccncc3)nc3c2CNC3)CC1=O. The maximum absolute atomic E-state index is 12.0. The van der Waals surface area contributed by atoms with Gasteiger partial charge in [-0.2, -0.15) is 0 Å². The fourth-order valence-electron chi connectivity index (χ4n) is 3.29. The van der Waals surface area contributed by atoms with Gasteiger partial charge in [-0.15, -0.1) is 0 Å². The largest absolute Gasteiger partial charge is 0.365 e. The second-order valence-electron chi connectivity index (χ2n) is 6.14. The highest BCUT2D eigenvalue weighted by Gasteiger charge is 2.30. The third-order valence-electron chi connectivity index (χ3n) is 4.56. The molecule has 0 aliphatic carbocycles. The first-order valence-electron chi connectivity index (χ1n) is 8.30. The number of nitrogens with zero attached hydrogens (tertiary/aromatic N) is 4. The van der Waals surface area contributed by atoms with E-state index < -0.39 is 0 Å². The van der Waals surface area contributed by atoms with Crippen molar-refractivity contribution in [1.82, 2.24) is 25.2 Å². The lowest BCUT2D eigenvalue weighted by molar-refractivity contribution is -0.127. The van der Waals surface area contributed by atoms with Crippen LogP contribution < -0.4 is 10.6 Å². The Morgan fingerprint density at radius 2 is 2.12 bits per heavy atom. The number of aromatic nitrogens is 3. The Kier molecular flexibility index (Phi) is 3.86. The van der Waals surface area contributed by atoms with Crippen molar-refractivity contribution < 1.29 is 4.79 Å². The van der Waals surface area contributed by atoms with Crippen molar-refractivity contribution in [3.8, 4) is 11.4 Å². The normalized spacial score (nSPS) is 19.6. The molecule has 124 valence electrons. The summed E-state index contributed by atoms with van der Waals surface area (Å²) in [7, 11) is 0. The Morgan fingerprint density at radius 1 is 1.29 bits per heavy atom. The Hall–Kier alpha value is -2.54. The second kappa shape index (κ2) is 6.16. The fraction of sp³-hybridized carbons (Fsp3) is 0.412. The molecule has 7 nitrogen and oxygen atoms in total. The molecule has 0 unspecified atom stereocenters. The van der Waals surface area contributed by atoms with Gasteiger partial charge < -0.3 is 15.5 Å². The standard InChI is InChI=1S/C17H20N6O/c1-2-23-10-12(7-15(23)24)20-17-13-8-19-9-14(13)21-16(22-17)11-3-5-18-6-4-11/h3-6,12,19H,2,7-10H2,1H3,(H,20,21,22)/t12-/m0/s1. The van der Waals surface area contributed by atoms with E-state index in [2.05, 4.69) is 20.6 Å². The summed E-state index contributed by atoms with van der Waals surface area (Å²) in [5, 5.41) is 6.81. The Labute approximate surface area is 140 Å². The number of anilines is 1. The number of fused-ring (bicyclic) bond motifs is 1. The lowest BCUT2D eigenvalue weighted by atomic mass is 10.2. The van der Waals surface area contributed by atoms with Crippen molar-refractivity contribution in [3.63, 3.8) is 0 Å². The molecular formula is C17H20N6O. The van der Waals surface area contributed by atoms with Crippen molar-refractivity contribution in [2.24, 2.45) is 0 Å². The molecular weight excluding hydrogens is 304 g/mol. The van der Waals surface area contributed by atoms with Crippen LogP contribution in [0.1, 0.15) is 24.6 Å². The molecule has 2 N–H and O–H groups in total. The number of amides is 1. The molecule has 0 saturated carbocycles. The summed E-state index contributed by atoms with van der Waals surface area (Å²) in [6.07, 6.45) is 4.00. The van der Waals surface area contributed by atoms with E-state index in [-0.39, 0.29) is 11.9 Å². The summed E-state index contributed by atoms with van der Waals surface area (Å²) in [6, 6.07) is 3.92. The smallest absolute Gasteiger partial charge is 0.224 e. The number of nitrogens with one attached hydrogen (secondary N) is 2. The monoisotopic (exact) mass is 324 g/mol. The highest BCUT2D eigenvalue weighted by Crippen LogP contribution is 2.27. The zero-order chi connectivity index (χ0) is 16.5. The van der Waals surface area contributed by atoms with Gasteiger partial charge in [0.05, 0.1) is 11.7 Å². The summed E-state index contributed by atoms with van der Waals surface area (Å²) in [5.41, 5.74) is 3.08. The second-order valence-corrected chi connectivity index (χ2v) is 6.14.